The van der Waals surface area contributed by atoms with Crippen molar-refractivity contribution < 1.29 is 9.59 Å². The number of hydrogen-bond donors (Lipinski definition) is 1. The SMILES string of the molecule is CCC(CC)(CN)C(=O)N1CCN(C(=O)C(C)(C)c2ccccc2)CC1.Cl. The van der Waals surface area contributed by atoms with Crippen molar-refractivity contribution in [2.75, 3.05) is 32.7 Å². The van der Waals surface area contributed by atoms with Gasteiger partial charge in [0.15, 0.2) is 0 Å². The van der Waals surface area contributed by atoms with Gasteiger partial charge in [-0.2, -0.15) is 0 Å². The third-order valence-electron chi connectivity index (χ3n) is 6.08. The molecule has 6 heteroatoms. The molecule has 27 heavy (non-hydrogen) atoms. The minimum Gasteiger partial charge on any atom is -0.339 e. The summed E-state index contributed by atoms with van der Waals surface area (Å²) in [6, 6.07) is 9.87. The molecule has 1 heterocycles. The Kier molecular flexibility index (Phi) is 8.30. The van der Waals surface area contributed by atoms with Crippen LogP contribution in [0.3, 0.4) is 0 Å². The van der Waals surface area contributed by atoms with Gasteiger partial charge in [0, 0.05) is 32.7 Å². The van der Waals surface area contributed by atoms with Gasteiger partial charge in [-0.1, -0.05) is 44.2 Å². The van der Waals surface area contributed by atoms with Crippen LogP contribution >= 0.6 is 12.4 Å². The number of rotatable bonds is 6. The van der Waals surface area contributed by atoms with Crippen molar-refractivity contribution in [1.82, 2.24) is 9.80 Å². The molecule has 1 aromatic rings. The third kappa shape index (κ3) is 4.64. The molecular formula is C21H34ClN3O2. The Balaban J connectivity index is 0.00000364. The van der Waals surface area contributed by atoms with E-state index in [-0.39, 0.29) is 24.2 Å². The highest BCUT2D eigenvalue weighted by molar-refractivity contribution is 5.88. The van der Waals surface area contributed by atoms with Crippen molar-refractivity contribution in [3.8, 4) is 0 Å². The van der Waals surface area contributed by atoms with Crippen LogP contribution in [0.2, 0.25) is 0 Å². The van der Waals surface area contributed by atoms with Crippen molar-refractivity contribution in [2.24, 2.45) is 11.1 Å². The molecule has 2 N–H and O–H groups in total. The lowest BCUT2D eigenvalue weighted by atomic mass is 9.80. The summed E-state index contributed by atoms with van der Waals surface area (Å²) < 4.78 is 0. The van der Waals surface area contributed by atoms with Crippen LogP contribution in [0.15, 0.2) is 30.3 Å². The fourth-order valence-corrected chi connectivity index (χ4v) is 3.75. The summed E-state index contributed by atoms with van der Waals surface area (Å²) in [5, 5.41) is 0. The first kappa shape index (κ1) is 23.4. The zero-order chi connectivity index (χ0) is 19.4. The number of amides is 2. The molecule has 1 saturated heterocycles. The summed E-state index contributed by atoms with van der Waals surface area (Å²) in [4.78, 5) is 29.8. The maximum absolute atomic E-state index is 13.1. The second-order valence-electron chi connectivity index (χ2n) is 7.77. The van der Waals surface area contributed by atoms with Crippen LogP contribution in [-0.4, -0.2) is 54.3 Å². The van der Waals surface area contributed by atoms with Gasteiger partial charge in [-0.05, 0) is 32.3 Å². The van der Waals surface area contributed by atoms with Gasteiger partial charge in [0.25, 0.3) is 0 Å². The number of carbonyl (C=O) groups excluding carboxylic acids is 2. The van der Waals surface area contributed by atoms with Gasteiger partial charge in [0.1, 0.15) is 0 Å². The molecule has 0 unspecified atom stereocenters. The van der Waals surface area contributed by atoms with Crippen LogP contribution in [0, 0.1) is 5.41 Å². The Labute approximate surface area is 169 Å². The first-order valence-corrected chi connectivity index (χ1v) is 9.66. The quantitative estimate of drug-likeness (QED) is 0.805. The van der Waals surface area contributed by atoms with Crippen molar-refractivity contribution in [2.45, 2.75) is 46.0 Å². The van der Waals surface area contributed by atoms with E-state index in [2.05, 4.69) is 0 Å². The average Bonchev–Trinajstić information content (AvgIpc) is 2.69. The number of nitrogens with zero attached hydrogens (tertiary/aromatic N) is 2. The standard InChI is InChI=1S/C21H33N3O2.ClH/c1-5-21(6-2,16-22)19(26)24-14-12-23(13-15-24)18(25)20(3,4)17-10-8-7-9-11-17;/h7-11H,5-6,12-16,22H2,1-4H3;1H. The molecule has 1 fully saturated rings. The second-order valence-corrected chi connectivity index (χ2v) is 7.77. The van der Waals surface area contributed by atoms with E-state index in [0.717, 1.165) is 18.4 Å². The Bertz CT molecular complexity index is 613. The monoisotopic (exact) mass is 395 g/mol. The first-order valence-electron chi connectivity index (χ1n) is 9.66. The normalized spacial score (nSPS) is 15.3. The number of halogens is 1. The maximum atomic E-state index is 13.1. The van der Waals surface area contributed by atoms with Crippen LogP contribution < -0.4 is 5.73 Å². The molecule has 1 aliphatic rings. The molecule has 2 amide bonds. The molecule has 0 radical (unpaired) electrons. The molecule has 0 saturated carbocycles. The summed E-state index contributed by atoms with van der Waals surface area (Å²) in [5.74, 6) is 0.256. The lowest BCUT2D eigenvalue weighted by Crippen LogP contribution is -2.57. The van der Waals surface area contributed by atoms with Crippen molar-refractivity contribution in [3.63, 3.8) is 0 Å². The van der Waals surface area contributed by atoms with Gasteiger partial charge >= 0.3 is 0 Å². The zero-order valence-corrected chi connectivity index (χ0v) is 17.8. The molecule has 0 bridgehead atoms. The van der Waals surface area contributed by atoms with E-state index in [1.807, 2.05) is 67.8 Å². The second kappa shape index (κ2) is 9.56. The van der Waals surface area contributed by atoms with E-state index >= 15 is 0 Å². The van der Waals surface area contributed by atoms with E-state index in [0.29, 0.717) is 32.7 Å². The molecule has 0 spiro atoms. The number of nitrogens with two attached hydrogens (primary N) is 1. The summed E-state index contributed by atoms with van der Waals surface area (Å²) in [6.07, 6.45) is 1.50. The molecule has 2 rings (SSSR count). The smallest absolute Gasteiger partial charge is 0.232 e. The van der Waals surface area contributed by atoms with Crippen molar-refractivity contribution >= 4 is 24.2 Å². The Morgan fingerprint density at radius 2 is 1.37 bits per heavy atom. The molecular weight excluding hydrogens is 362 g/mol. The van der Waals surface area contributed by atoms with Crippen LogP contribution in [0.4, 0.5) is 0 Å². The highest BCUT2D eigenvalue weighted by atomic mass is 35.5. The minimum absolute atomic E-state index is 0. The zero-order valence-electron chi connectivity index (χ0n) is 17.0. The average molecular weight is 396 g/mol. The Morgan fingerprint density at radius 1 is 0.926 bits per heavy atom. The molecule has 5 nitrogen and oxygen atoms in total. The summed E-state index contributed by atoms with van der Waals surface area (Å²) in [5.41, 5.74) is 5.91. The van der Waals surface area contributed by atoms with Gasteiger partial charge in [-0.25, -0.2) is 0 Å². The van der Waals surface area contributed by atoms with Crippen LogP contribution in [0.25, 0.3) is 0 Å². The third-order valence-corrected chi connectivity index (χ3v) is 6.08. The first-order chi connectivity index (χ1) is 12.3. The molecule has 0 aliphatic carbocycles. The summed E-state index contributed by atoms with van der Waals surface area (Å²) in [7, 11) is 0. The van der Waals surface area contributed by atoms with Crippen molar-refractivity contribution in [1.29, 1.82) is 0 Å². The largest absolute Gasteiger partial charge is 0.339 e. The van der Waals surface area contributed by atoms with E-state index in [1.54, 1.807) is 0 Å². The lowest BCUT2D eigenvalue weighted by Gasteiger charge is -2.42. The summed E-state index contributed by atoms with van der Waals surface area (Å²) >= 11 is 0. The predicted octanol–water partition coefficient (Wildman–Crippen LogP) is 2.82. The van der Waals surface area contributed by atoms with E-state index in [4.69, 9.17) is 5.73 Å². The minimum atomic E-state index is -0.568. The van der Waals surface area contributed by atoms with Gasteiger partial charge < -0.3 is 15.5 Å². The molecule has 152 valence electrons. The van der Waals surface area contributed by atoms with Crippen LogP contribution in [-0.2, 0) is 15.0 Å². The Hall–Kier alpha value is -1.59. The highest BCUT2D eigenvalue weighted by Gasteiger charge is 2.40. The Morgan fingerprint density at radius 3 is 1.78 bits per heavy atom. The van der Waals surface area contributed by atoms with Gasteiger partial charge in [-0.15, -0.1) is 12.4 Å². The van der Waals surface area contributed by atoms with Gasteiger partial charge in [0.2, 0.25) is 11.8 Å². The van der Waals surface area contributed by atoms with E-state index in [9.17, 15) is 9.59 Å². The topological polar surface area (TPSA) is 66.6 Å². The van der Waals surface area contributed by atoms with Gasteiger partial charge in [0.05, 0.1) is 10.8 Å². The molecule has 0 aromatic heterocycles. The number of benzene rings is 1. The molecule has 0 atom stereocenters. The van der Waals surface area contributed by atoms with E-state index < -0.39 is 10.8 Å². The summed E-state index contributed by atoms with van der Waals surface area (Å²) in [6.45, 7) is 10.7. The van der Waals surface area contributed by atoms with Crippen LogP contribution in [0.5, 0.6) is 0 Å². The lowest BCUT2D eigenvalue weighted by molar-refractivity contribution is -0.148. The predicted molar refractivity (Wildman–Crippen MR) is 112 cm³/mol. The highest BCUT2D eigenvalue weighted by Crippen LogP contribution is 2.29. The van der Waals surface area contributed by atoms with E-state index in [1.165, 1.54) is 0 Å². The molecule has 1 aliphatic heterocycles. The van der Waals surface area contributed by atoms with Crippen molar-refractivity contribution in [3.05, 3.63) is 35.9 Å². The number of piperazine rings is 1. The fourth-order valence-electron chi connectivity index (χ4n) is 3.75. The fraction of sp³-hybridized carbons (Fsp3) is 0.619. The maximum Gasteiger partial charge on any atom is 0.232 e. The molecule has 1 aromatic carbocycles. The van der Waals surface area contributed by atoms with Gasteiger partial charge in [-0.3, -0.25) is 9.59 Å². The number of carbonyl (C=O) groups is 2. The van der Waals surface area contributed by atoms with Crippen LogP contribution in [0.1, 0.15) is 46.1 Å². The number of hydrogen-bond acceptors (Lipinski definition) is 3.